The van der Waals surface area contributed by atoms with E-state index < -0.39 is 0 Å². The molecule has 0 aliphatic carbocycles. The minimum Gasteiger partial charge on any atom is -0.378 e. The van der Waals surface area contributed by atoms with E-state index in [0.717, 1.165) is 73.2 Å². The lowest BCUT2D eigenvalue weighted by molar-refractivity contribution is 0.102. The molecule has 2 aliphatic rings. The van der Waals surface area contributed by atoms with Crippen LogP contribution < -0.4 is 15.1 Å². The SMILES string of the molecule is O=C(Nc1ccc2[nH]c(-c3ccc(N4CCSCC4)cc3)nc2c1)c1ccc(N2CCOCC2)cc1. The number of morpholine rings is 1. The summed E-state index contributed by atoms with van der Waals surface area (Å²) in [7, 11) is 0. The maximum atomic E-state index is 12.8. The van der Waals surface area contributed by atoms with Gasteiger partial charge in [0.2, 0.25) is 0 Å². The van der Waals surface area contributed by atoms with Crippen molar-refractivity contribution in [3.05, 3.63) is 72.3 Å². The number of rotatable bonds is 5. The lowest BCUT2D eigenvalue weighted by atomic mass is 10.1. The molecule has 4 aromatic rings. The number of hydrogen-bond donors (Lipinski definition) is 2. The highest BCUT2D eigenvalue weighted by atomic mass is 32.2. The number of hydrogen-bond acceptors (Lipinski definition) is 6. The van der Waals surface area contributed by atoms with Crippen molar-refractivity contribution in [1.82, 2.24) is 9.97 Å². The molecule has 0 spiro atoms. The second-order valence-corrected chi connectivity index (χ2v) is 10.3. The molecule has 1 amide bonds. The van der Waals surface area contributed by atoms with Gasteiger partial charge in [0.15, 0.2) is 0 Å². The summed E-state index contributed by atoms with van der Waals surface area (Å²) in [6, 6.07) is 22.1. The number of aromatic amines is 1. The summed E-state index contributed by atoms with van der Waals surface area (Å²) in [6.07, 6.45) is 0. The van der Waals surface area contributed by atoms with Gasteiger partial charge in [0, 0.05) is 65.9 Å². The predicted molar refractivity (Wildman–Crippen MR) is 148 cm³/mol. The third-order valence-corrected chi connectivity index (χ3v) is 7.71. The first-order chi connectivity index (χ1) is 17.7. The van der Waals surface area contributed by atoms with E-state index in [2.05, 4.69) is 44.4 Å². The van der Waals surface area contributed by atoms with Crippen molar-refractivity contribution in [2.24, 2.45) is 0 Å². The first kappa shape index (κ1) is 22.9. The molecule has 1 aromatic heterocycles. The number of thioether (sulfide) groups is 1. The van der Waals surface area contributed by atoms with Gasteiger partial charge in [-0.2, -0.15) is 11.8 Å². The number of carbonyl (C=O) groups excluding carboxylic acids is 1. The van der Waals surface area contributed by atoms with Crippen molar-refractivity contribution in [1.29, 1.82) is 0 Å². The molecule has 8 heteroatoms. The Labute approximate surface area is 214 Å². The van der Waals surface area contributed by atoms with Gasteiger partial charge >= 0.3 is 0 Å². The minimum absolute atomic E-state index is 0.134. The summed E-state index contributed by atoms with van der Waals surface area (Å²) in [5, 5.41) is 3.01. The first-order valence-corrected chi connectivity index (χ1v) is 13.6. The number of ether oxygens (including phenoxy) is 1. The van der Waals surface area contributed by atoms with Crippen LogP contribution in [0, 0.1) is 0 Å². The van der Waals surface area contributed by atoms with Crippen molar-refractivity contribution in [2.75, 3.05) is 66.0 Å². The van der Waals surface area contributed by atoms with E-state index >= 15 is 0 Å². The third kappa shape index (κ3) is 4.92. The van der Waals surface area contributed by atoms with Gasteiger partial charge in [-0.05, 0) is 66.7 Å². The maximum Gasteiger partial charge on any atom is 0.255 e. The molecule has 0 saturated carbocycles. The van der Waals surface area contributed by atoms with Crippen LogP contribution in [-0.4, -0.2) is 66.8 Å². The number of carbonyl (C=O) groups is 1. The van der Waals surface area contributed by atoms with Crippen molar-refractivity contribution < 1.29 is 9.53 Å². The molecule has 0 bridgehead atoms. The molecule has 36 heavy (non-hydrogen) atoms. The maximum absolute atomic E-state index is 12.8. The number of fused-ring (bicyclic) bond motifs is 1. The third-order valence-electron chi connectivity index (χ3n) is 6.76. The van der Waals surface area contributed by atoms with E-state index in [0.29, 0.717) is 5.56 Å². The second kappa shape index (κ2) is 10.2. The highest BCUT2D eigenvalue weighted by Crippen LogP contribution is 2.26. The number of nitrogens with zero attached hydrogens (tertiary/aromatic N) is 3. The molecule has 2 saturated heterocycles. The van der Waals surface area contributed by atoms with Crippen LogP contribution in [0.4, 0.5) is 17.1 Å². The molecule has 0 radical (unpaired) electrons. The summed E-state index contributed by atoms with van der Waals surface area (Å²) in [5.41, 5.74) is 6.54. The van der Waals surface area contributed by atoms with Crippen LogP contribution >= 0.6 is 11.8 Å². The Hall–Kier alpha value is -3.49. The summed E-state index contributed by atoms with van der Waals surface area (Å²) in [5.74, 6) is 3.06. The van der Waals surface area contributed by atoms with E-state index in [9.17, 15) is 4.79 Å². The van der Waals surface area contributed by atoms with Crippen LogP contribution in [0.15, 0.2) is 66.7 Å². The van der Waals surface area contributed by atoms with Gasteiger partial charge in [-0.1, -0.05) is 0 Å². The van der Waals surface area contributed by atoms with Crippen LogP contribution in [0.2, 0.25) is 0 Å². The molecule has 7 nitrogen and oxygen atoms in total. The van der Waals surface area contributed by atoms with Crippen LogP contribution in [0.1, 0.15) is 10.4 Å². The number of imidazole rings is 1. The Morgan fingerprint density at radius 2 is 1.53 bits per heavy atom. The Morgan fingerprint density at radius 1 is 0.861 bits per heavy atom. The zero-order chi connectivity index (χ0) is 24.3. The molecular weight excluding hydrogens is 470 g/mol. The average molecular weight is 500 g/mol. The van der Waals surface area contributed by atoms with Gasteiger partial charge in [0.05, 0.1) is 24.2 Å². The van der Waals surface area contributed by atoms with E-state index in [1.165, 1.54) is 17.2 Å². The fourth-order valence-corrected chi connectivity index (χ4v) is 5.62. The lowest BCUT2D eigenvalue weighted by Crippen LogP contribution is -2.36. The number of amides is 1. The van der Waals surface area contributed by atoms with Gasteiger partial charge in [-0.15, -0.1) is 0 Å². The molecule has 3 aromatic carbocycles. The molecular formula is C28H29N5O2S. The largest absolute Gasteiger partial charge is 0.378 e. The number of nitrogens with one attached hydrogen (secondary N) is 2. The summed E-state index contributed by atoms with van der Waals surface area (Å²) < 4.78 is 5.42. The predicted octanol–water partition coefficient (Wildman–Crippen LogP) is 4.87. The molecule has 2 fully saturated rings. The number of H-pyrrole nitrogens is 1. The van der Waals surface area contributed by atoms with E-state index in [1.807, 2.05) is 54.2 Å². The van der Waals surface area contributed by atoms with Crippen molar-refractivity contribution in [3.8, 4) is 11.4 Å². The zero-order valence-corrected chi connectivity index (χ0v) is 20.9. The quantitative estimate of drug-likeness (QED) is 0.408. The normalized spacial score (nSPS) is 16.3. The Balaban J connectivity index is 1.14. The van der Waals surface area contributed by atoms with Gasteiger partial charge in [-0.3, -0.25) is 4.79 Å². The average Bonchev–Trinajstić information content (AvgIpc) is 3.38. The lowest BCUT2D eigenvalue weighted by Gasteiger charge is -2.28. The Kier molecular flexibility index (Phi) is 6.53. The topological polar surface area (TPSA) is 73.5 Å². The van der Waals surface area contributed by atoms with Gasteiger partial charge in [-0.25, -0.2) is 4.98 Å². The zero-order valence-electron chi connectivity index (χ0n) is 20.1. The standard InChI is InChI=1S/C28H29N5O2S/c34-28(21-3-8-23(9-4-21)32-11-15-35-16-12-32)29-22-5-10-25-26(19-22)31-27(30-25)20-1-6-24(7-2-20)33-13-17-36-18-14-33/h1-10,19H,11-18H2,(H,29,34)(H,30,31). The molecule has 2 N–H and O–H groups in total. The highest BCUT2D eigenvalue weighted by molar-refractivity contribution is 7.99. The summed E-state index contributed by atoms with van der Waals surface area (Å²) in [6.45, 7) is 5.42. The Morgan fingerprint density at radius 3 is 2.25 bits per heavy atom. The highest BCUT2D eigenvalue weighted by Gasteiger charge is 2.14. The summed E-state index contributed by atoms with van der Waals surface area (Å²) >= 11 is 2.02. The number of benzene rings is 3. The molecule has 6 rings (SSSR count). The van der Waals surface area contributed by atoms with Crippen LogP contribution in [0.3, 0.4) is 0 Å². The number of aromatic nitrogens is 2. The van der Waals surface area contributed by atoms with Gasteiger partial charge in [0.1, 0.15) is 5.82 Å². The molecule has 3 heterocycles. The Bertz CT molecular complexity index is 1340. The van der Waals surface area contributed by atoms with Crippen molar-refractivity contribution in [3.63, 3.8) is 0 Å². The minimum atomic E-state index is -0.134. The smallest absolute Gasteiger partial charge is 0.255 e. The van der Waals surface area contributed by atoms with Crippen LogP contribution in [-0.2, 0) is 4.74 Å². The number of anilines is 3. The molecule has 2 aliphatic heterocycles. The van der Waals surface area contributed by atoms with Gasteiger partial charge in [0.25, 0.3) is 5.91 Å². The van der Waals surface area contributed by atoms with Gasteiger partial charge < -0.3 is 24.8 Å². The monoisotopic (exact) mass is 499 g/mol. The fourth-order valence-electron chi connectivity index (χ4n) is 4.72. The first-order valence-electron chi connectivity index (χ1n) is 12.4. The van der Waals surface area contributed by atoms with Crippen LogP contribution in [0.25, 0.3) is 22.4 Å². The van der Waals surface area contributed by atoms with Crippen molar-refractivity contribution in [2.45, 2.75) is 0 Å². The molecule has 0 unspecified atom stereocenters. The molecule has 184 valence electrons. The van der Waals surface area contributed by atoms with E-state index in [-0.39, 0.29) is 5.91 Å². The van der Waals surface area contributed by atoms with E-state index in [4.69, 9.17) is 9.72 Å². The van der Waals surface area contributed by atoms with Crippen LogP contribution in [0.5, 0.6) is 0 Å². The van der Waals surface area contributed by atoms with Crippen molar-refractivity contribution >= 4 is 45.8 Å². The fraction of sp³-hybridized carbons (Fsp3) is 0.286. The van der Waals surface area contributed by atoms with E-state index in [1.54, 1.807) is 0 Å². The summed E-state index contributed by atoms with van der Waals surface area (Å²) in [4.78, 5) is 25.8. The molecule has 0 atom stereocenters. The second-order valence-electron chi connectivity index (χ2n) is 9.06.